The summed E-state index contributed by atoms with van der Waals surface area (Å²) in [7, 11) is 0. The standard InChI is InChI=1S/C44H77NO8/c1-3-5-7-9-11-13-14-15-16-17-18-19-20-21-22-23-24-26-28-30-32-34-40(48)45-37(38(47)33-31-29-27-25-12-10-8-6-4-2)36-52-44-43(51)42(50)41(49)39(35-46)53-44/h12,14-15,17-18,20-21,25,31,33,37-39,41-44,46-47,49-51H,3-11,13,16,19,22-24,26-30,32,34-36H2,1-2H3,(H,45,48)/b15-14-,18-17-,21-20-,25-12+,33-31+. The van der Waals surface area contributed by atoms with Crippen LogP contribution in [0, 0.1) is 0 Å². The van der Waals surface area contributed by atoms with Crippen LogP contribution in [0.5, 0.6) is 0 Å². The highest BCUT2D eigenvalue weighted by molar-refractivity contribution is 5.76. The minimum atomic E-state index is -1.57. The van der Waals surface area contributed by atoms with Crippen LogP contribution in [-0.2, 0) is 14.3 Å². The Morgan fingerprint density at radius 1 is 0.642 bits per heavy atom. The van der Waals surface area contributed by atoms with Gasteiger partial charge >= 0.3 is 0 Å². The minimum absolute atomic E-state index is 0.206. The lowest BCUT2D eigenvalue weighted by Crippen LogP contribution is -2.60. The number of nitrogens with one attached hydrogen (secondary N) is 1. The lowest BCUT2D eigenvalue weighted by atomic mass is 9.99. The van der Waals surface area contributed by atoms with Crippen molar-refractivity contribution in [2.75, 3.05) is 13.2 Å². The van der Waals surface area contributed by atoms with Crippen LogP contribution < -0.4 is 5.32 Å². The van der Waals surface area contributed by atoms with Crippen molar-refractivity contribution in [3.05, 3.63) is 60.8 Å². The van der Waals surface area contributed by atoms with E-state index in [1.54, 1.807) is 6.08 Å². The first-order valence-electron chi connectivity index (χ1n) is 21.0. The molecule has 9 nitrogen and oxygen atoms in total. The zero-order valence-electron chi connectivity index (χ0n) is 33.2. The van der Waals surface area contributed by atoms with Gasteiger partial charge in [-0.2, -0.15) is 0 Å². The predicted molar refractivity (Wildman–Crippen MR) is 216 cm³/mol. The monoisotopic (exact) mass is 748 g/mol. The Labute approximate surface area is 322 Å². The number of hydrogen-bond donors (Lipinski definition) is 6. The molecule has 1 rings (SSSR count). The van der Waals surface area contributed by atoms with Crippen molar-refractivity contribution in [3.63, 3.8) is 0 Å². The van der Waals surface area contributed by atoms with Gasteiger partial charge in [-0.05, 0) is 70.6 Å². The Hall–Kier alpha value is -2.11. The summed E-state index contributed by atoms with van der Waals surface area (Å²) < 4.78 is 11.1. The number of hydrogen-bond acceptors (Lipinski definition) is 8. The summed E-state index contributed by atoms with van der Waals surface area (Å²) in [5.74, 6) is -0.206. The van der Waals surface area contributed by atoms with Crippen molar-refractivity contribution in [3.8, 4) is 0 Å². The maximum Gasteiger partial charge on any atom is 0.220 e. The summed E-state index contributed by atoms with van der Waals surface area (Å²) in [5, 5.41) is 53.9. The summed E-state index contributed by atoms with van der Waals surface area (Å²) in [5.41, 5.74) is 0. The van der Waals surface area contributed by atoms with Gasteiger partial charge in [-0.15, -0.1) is 0 Å². The zero-order chi connectivity index (χ0) is 38.8. The van der Waals surface area contributed by atoms with Crippen LogP contribution in [0.2, 0.25) is 0 Å². The van der Waals surface area contributed by atoms with Crippen molar-refractivity contribution in [1.82, 2.24) is 5.32 Å². The molecule has 6 N–H and O–H groups in total. The third-order valence-electron chi connectivity index (χ3n) is 9.56. The van der Waals surface area contributed by atoms with Gasteiger partial charge < -0.3 is 40.3 Å². The molecule has 53 heavy (non-hydrogen) atoms. The van der Waals surface area contributed by atoms with Gasteiger partial charge in [0.1, 0.15) is 24.4 Å². The van der Waals surface area contributed by atoms with Crippen molar-refractivity contribution in [2.24, 2.45) is 0 Å². The first kappa shape index (κ1) is 48.9. The molecule has 0 radical (unpaired) electrons. The number of amides is 1. The van der Waals surface area contributed by atoms with Crippen molar-refractivity contribution in [2.45, 2.75) is 198 Å². The number of rotatable bonds is 33. The SMILES string of the molecule is CCCCC/C=C/CC/C=C/C(O)C(COC1OC(CO)C(O)C(O)C1O)NC(=O)CCCCCCCC/C=C\C/C=C\C/C=C\CCCCCCC. The van der Waals surface area contributed by atoms with Crippen LogP contribution in [0.3, 0.4) is 0 Å². The van der Waals surface area contributed by atoms with Crippen molar-refractivity contribution < 1.29 is 39.8 Å². The highest BCUT2D eigenvalue weighted by atomic mass is 16.7. The summed E-state index contributed by atoms with van der Waals surface area (Å²) >= 11 is 0. The largest absolute Gasteiger partial charge is 0.394 e. The molecular weight excluding hydrogens is 670 g/mol. The Morgan fingerprint density at radius 2 is 1.13 bits per heavy atom. The number of ether oxygens (including phenoxy) is 2. The molecule has 1 heterocycles. The Balaban J connectivity index is 2.36. The highest BCUT2D eigenvalue weighted by Crippen LogP contribution is 2.22. The Bertz CT molecular complexity index is 1010. The van der Waals surface area contributed by atoms with Gasteiger partial charge in [0, 0.05) is 6.42 Å². The summed E-state index contributed by atoms with van der Waals surface area (Å²) in [6, 6.07) is -0.828. The lowest BCUT2D eigenvalue weighted by molar-refractivity contribution is -0.302. The molecule has 1 fully saturated rings. The van der Waals surface area contributed by atoms with Gasteiger partial charge in [0.05, 0.1) is 25.4 Å². The normalized spacial score (nSPS) is 22.3. The number of unbranched alkanes of at least 4 members (excludes halogenated alkanes) is 15. The van der Waals surface area contributed by atoms with E-state index in [0.29, 0.717) is 6.42 Å². The second-order valence-electron chi connectivity index (χ2n) is 14.4. The van der Waals surface area contributed by atoms with Gasteiger partial charge in [0.15, 0.2) is 6.29 Å². The fourth-order valence-corrected chi connectivity index (χ4v) is 6.12. The molecule has 0 aromatic carbocycles. The maximum absolute atomic E-state index is 12.9. The molecule has 0 bridgehead atoms. The summed E-state index contributed by atoms with van der Waals surface area (Å²) in [4.78, 5) is 12.9. The van der Waals surface area contributed by atoms with Crippen molar-refractivity contribution in [1.29, 1.82) is 0 Å². The van der Waals surface area contributed by atoms with Crippen LogP contribution in [0.1, 0.15) is 155 Å². The van der Waals surface area contributed by atoms with Gasteiger partial charge in [-0.25, -0.2) is 0 Å². The third-order valence-corrected chi connectivity index (χ3v) is 9.56. The molecule has 0 spiro atoms. The average molecular weight is 748 g/mol. The topological polar surface area (TPSA) is 149 Å². The first-order chi connectivity index (χ1) is 25.8. The average Bonchev–Trinajstić information content (AvgIpc) is 3.16. The molecule has 0 aromatic heterocycles. The van der Waals surface area contributed by atoms with Gasteiger partial charge in [0.25, 0.3) is 0 Å². The van der Waals surface area contributed by atoms with E-state index in [4.69, 9.17) is 9.47 Å². The van der Waals surface area contributed by atoms with E-state index in [-0.39, 0.29) is 12.5 Å². The minimum Gasteiger partial charge on any atom is -0.394 e. The van der Waals surface area contributed by atoms with E-state index in [1.165, 1.54) is 70.6 Å². The second-order valence-corrected chi connectivity index (χ2v) is 14.4. The molecule has 306 valence electrons. The molecule has 7 atom stereocenters. The van der Waals surface area contributed by atoms with Crippen molar-refractivity contribution >= 4 is 5.91 Å². The number of carbonyl (C=O) groups is 1. The van der Waals surface area contributed by atoms with E-state index in [2.05, 4.69) is 67.8 Å². The number of aliphatic hydroxyl groups excluding tert-OH is 5. The quantitative estimate of drug-likeness (QED) is 0.0292. The zero-order valence-corrected chi connectivity index (χ0v) is 33.2. The lowest BCUT2D eigenvalue weighted by Gasteiger charge is -2.40. The third kappa shape index (κ3) is 25.6. The van der Waals surface area contributed by atoms with E-state index in [1.807, 2.05) is 6.08 Å². The van der Waals surface area contributed by atoms with Gasteiger partial charge in [-0.1, -0.05) is 139 Å². The molecule has 1 amide bonds. The van der Waals surface area contributed by atoms with Gasteiger partial charge in [0.2, 0.25) is 5.91 Å². The highest BCUT2D eigenvalue weighted by Gasteiger charge is 2.44. The Morgan fingerprint density at radius 3 is 1.75 bits per heavy atom. The van der Waals surface area contributed by atoms with E-state index >= 15 is 0 Å². The smallest absolute Gasteiger partial charge is 0.220 e. The van der Waals surface area contributed by atoms with E-state index in [0.717, 1.165) is 64.2 Å². The maximum atomic E-state index is 12.9. The first-order valence-corrected chi connectivity index (χ1v) is 21.0. The van der Waals surface area contributed by atoms with Crippen LogP contribution in [0.15, 0.2) is 60.8 Å². The summed E-state index contributed by atoms with van der Waals surface area (Å²) in [6.45, 7) is 3.65. The number of allylic oxidation sites excluding steroid dienone is 9. The van der Waals surface area contributed by atoms with E-state index in [9.17, 15) is 30.3 Å². The molecule has 7 unspecified atom stereocenters. The van der Waals surface area contributed by atoms with Crippen LogP contribution in [-0.4, -0.2) is 87.5 Å². The molecule has 1 aliphatic rings. The number of aliphatic hydroxyl groups is 5. The molecule has 1 aliphatic heterocycles. The predicted octanol–water partition coefficient (Wildman–Crippen LogP) is 8.05. The molecule has 0 aromatic rings. The van der Waals surface area contributed by atoms with Gasteiger partial charge in [-0.3, -0.25) is 4.79 Å². The summed E-state index contributed by atoms with van der Waals surface area (Å²) in [6.07, 6.45) is 37.0. The van der Waals surface area contributed by atoms with Crippen LogP contribution >= 0.6 is 0 Å². The molecule has 9 heteroatoms. The van der Waals surface area contributed by atoms with E-state index < -0.39 is 49.5 Å². The molecule has 1 saturated heterocycles. The fourth-order valence-electron chi connectivity index (χ4n) is 6.12. The molecule has 0 aliphatic carbocycles. The second kappa shape index (κ2) is 34.4. The molecule has 0 saturated carbocycles. The molecular formula is C44H77NO8. The van der Waals surface area contributed by atoms with Crippen LogP contribution in [0.25, 0.3) is 0 Å². The van der Waals surface area contributed by atoms with Crippen LogP contribution in [0.4, 0.5) is 0 Å². The Kier molecular flexibility index (Phi) is 31.7. The fraction of sp³-hybridized carbons (Fsp3) is 0.750. The number of carbonyl (C=O) groups excluding carboxylic acids is 1.